The van der Waals surface area contributed by atoms with Gasteiger partial charge in [-0.3, -0.25) is 0 Å². The van der Waals surface area contributed by atoms with Crippen LogP contribution in [0, 0.1) is 13.0 Å². The summed E-state index contributed by atoms with van der Waals surface area (Å²) in [6.45, 7) is 4.87. The molecule has 8 heavy (non-hydrogen) atoms. The van der Waals surface area contributed by atoms with Crippen molar-refractivity contribution in [2.45, 2.75) is 19.8 Å². The van der Waals surface area contributed by atoms with E-state index in [1.54, 1.807) is 0 Å². The number of hydrogen-bond donors (Lipinski definition) is 1. The van der Waals surface area contributed by atoms with Gasteiger partial charge in [-0.05, 0) is 12.8 Å². The van der Waals surface area contributed by atoms with E-state index in [2.05, 4.69) is 14.0 Å². The minimum Gasteiger partial charge on any atom is -0.468 e. The molecule has 0 radical (unpaired) electrons. The zero-order valence-electron chi connectivity index (χ0n) is 5.61. The number of piperidine rings is 1. The number of rotatable bonds is 0. The predicted octanol–water partition coefficient (Wildman–Crippen LogP) is 0.0928. The number of nitrogens with one attached hydrogen (secondary N) is 1. The first-order valence-electron chi connectivity index (χ1n) is 3.45. The molecule has 1 nitrogen and oxygen atoms in total. The highest BCUT2D eigenvalue weighted by Gasteiger charge is 2.11. The van der Waals surface area contributed by atoms with Gasteiger partial charge in [0.05, 0.1) is 13.1 Å². The molecular formula is C7H15N. The minimum atomic E-state index is 0.913. The van der Waals surface area contributed by atoms with Crippen LogP contribution in [0.1, 0.15) is 19.8 Å². The van der Waals surface area contributed by atoms with Gasteiger partial charge in [-0.15, -0.1) is 0 Å². The summed E-state index contributed by atoms with van der Waals surface area (Å²) in [6, 6.07) is 0. The Bertz CT molecular complexity index is 62.8. The molecule has 1 heteroatoms. The van der Waals surface area contributed by atoms with E-state index in [4.69, 9.17) is 0 Å². The molecule has 1 saturated heterocycles. The zero-order valence-corrected chi connectivity index (χ0v) is 5.61. The van der Waals surface area contributed by atoms with Crippen molar-refractivity contribution in [2.24, 2.45) is 5.92 Å². The van der Waals surface area contributed by atoms with Crippen LogP contribution in [0.3, 0.4) is 0 Å². The molecule has 48 valence electrons. The zero-order chi connectivity index (χ0) is 5.98. The van der Waals surface area contributed by atoms with Crippen LogP contribution in [0.2, 0.25) is 0 Å². The average molecular weight is 113 g/mol. The lowest BCUT2D eigenvalue weighted by Crippen LogP contribution is -3.08. The SMILES string of the molecule is [CH2-][NH+]1CCCC(C)C1. The topological polar surface area (TPSA) is 4.44 Å². The van der Waals surface area contributed by atoms with Crippen molar-refractivity contribution < 1.29 is 4.90 Å². The summed E-state index contributed by atoms with van der Waals surface area (Å²) < 4.78 is 0. The van der Waals surface area contributed by atoms with Crippen molar-refractivity contribution >= 4 is 0 Å². The van der Waals surface area contributed by atoms with E-state index < -0.39 is 0 Å². The molecule has 1 rings (SSSR count). The van der Waals surface area contributed by atoms with Gasteiger partial charge < -0.3 is 4.90 Å². The van der Waals surface area contributed by atoms with Crippen molar-refractivity contribution in [3.05, 3.63) is 7.05 Å². The first-order valence-corrected chi connectivity index (χ1v) is 3.45. The smallest absolute Gasteiger partial charge is 0.0556 e. The fraction of sp³-hybridized carbons (Fsp3) is 0.857. The lowest BCUT2D eigenvalue weighted by Gasteiger charge is -2.29. The van der Waals surface area contributed by atoms with Gasteiger partial charge in [0, 0.05) is 5.92 Å². The Morgan fingerprint density at radius 3 is 2.75 bits per heavy atom. The van der Waals surface area contributed by atoms with Crippen LogP contribution in [0.15, 0.2) is 0 Å². The van der Waals surface area contributed by atoms with Gasteiger partial charge in [0.1, 0.15) is 0 Å². The maximum absolute atomic E-state index is 3.96. The van der Waals surface area contributed by atoms with E-state index in [-0.39, 0.29) is 0 Å². The van der Waals surface area contributed by atoms with Crippen LogP contribution in [0.25, 0.3) is 0 Å². The van der Waals surface area contributed by atoms with E-state index in [1.165, 1.54) is 30.8 Å². The molecule has 0 aromatic rings. The Morgan fingerprint density at radius 1 is 1.62 bits per heavy atom. The predicted molar refractivity (Wildman–Crippen MR) is 34.5 cm³/mol. The lowest BCUT2D eigenvalue weighted by atomic mass is 10.0. The molecule has 1 aliphatic rings. The van der Waals surface area contributed by atoms with E-state index in [0.29, 0.717) is 0 Å². The molecule has 1 N–H and O–H groups in total. The number of hydrogen-bond acceptors (Lipinski definition) is 0. The van der Waals surface area contributed by atoms with Crippen molar-refractivity contribution in [3.8, 4) is 0 Å². The summed E-state index contributed by atoms with van der Waals surface area (Å²) in [6.07, 6.45) is 2.79. The van der Waals surface area contributed by atoms with Gasteiger partial charge >= 0.3 is 0 Å². The largest absolute Gasteiger partial charge is 0.468 e. The van der Waals surface area contributed by atoms with Crippen LogP contribution in [-0.4, -0.2) is 13.1 Å². The quantitative estimate of drug-likeness (QED) is 0.425. The van der Waals surface area contributed by atoms with Gasteiger partial charge in [0.25, 0.3) is 0 Å². The van der Waals surface area contributed by atoms with Crippen LogP contribution < -0.4 is 4.90 Å². The van der Waals surface area contributed by atoms with Crippen molar-refractivity contribution in [1.82, 2.24) is 0 Å². The summed E-state index contributed by atoms with van der Waals surface area (Å²) >= 11 is 0. The Kier molecular flexibility index (Phi) is 1.90. The molecule has 1 aliphatic heterocycles. The maximum atomic E-state index is 3.96. The standard InChI is InChI=1S/C7H15N/c1-7-4-3-5-8(2)6-7/h7-8H,2-6H2,1H3. The molecule has 0 spiro atoms. The van der Waals surface area contributed by atoms with Gasteiger partial charge in [0.2, 0.25) is 0 Å². The summed E-state index contributed by atoms with van der Waals surface area (Å²) in [5.41, 5.74) is 0. The van der Waals surface area contributed by atoms with Gasteiger partial charge in [-0.2, -0.15) is 7.05 Å². The Balaban J connectivity index is 2.23. The normalized spacial score (nSPS) is 39.8. The third kappa shape index (κ3) is 1.48. The van der Waals surface area contributed by atoms with E-state index in [0.717, 1.165) is 5.92 Å². The van der Waals surface area contributed by atoms with Crippen molar-refractivity contribution in [2.75, 3.05) is 13.1 Å². The lowest BCUT2D eigenvalue weighted by molar-refractivity contribution is -0.863. The molecule has 0 aliphatic carbocycles. The monoisotopic (exact) mass is 113 g/mol. The number of likely N-dealkylation sites (tertiary alicyclic amines) is 1. The summed E-state index contributed by atoms with van der Waals surface area (Å²) in [7, 11) is 3.96. The first-order chi connectivity index (χ1) is 3.79. The van der Waals surface area contributed by atoms with Crippen molar-refractivity contribution in [3.63, 3.8) is 0 Å². The molecule has 0 amide bonds. The fourth-order valence-corrected chi connectivity index (χ4v) is 1.40. The summed E-state index contributed by atoms with van der Waals surface area (Å²) in [5.74, 6) is 0.913. The molecule has 1 heterocycles. The summed E-state index contributed by atoms with van der Waals surface area (Å²) in [4.78, 5) is 1.46. The maximum Gasteiger partial charge on any atom is 0.0556 e. The third-order valence-corrected chi connectivity index (χ3v) is 1.86. The van der Waals surface area contributed by atoms with Gasteiger partial charge in [-0.1, -0.05) is 6.92 Å². The Hall–Kier alpha value is -0.0400. The van der Waals surface area contributed by atoms with Crippen LogP contribution in [-0.2, 0) is 0 Å². The molecule has 2 unspecified atom stereocenters. The van der Waals surface area contributed by atoms with Crippen LogP contribution >= 0.6 is 0 Å². The van der Waals surface area contributed by atoms with E-state index in [9.17, 15) is 0 Å². The molecule has 0 aromatic heterocycles. The molecule has 0 bridgehead atoms. The Morgan fingerprint density at radius 2 is 2.38 bits per heavy atom. The highest BCUT2D eigenvalue weighted by atomic mass is 15.1. The number of quaternary nitrogens is 1. The second-order valence-electron chi connectivity index (χ2n) is 2.95. The highest BCUT2D eigenvalue weighted by Crippen LogP contribution is 2.03. The average Bonchev–Trinajstić information content (AvgIpc) is 1.64. The highest BCUT2D eigenvalue weighted by molar-refractivity contribution is 4.54. The summed E-state index contributed by atoms with van der Waals surface area (Å²) in [5, 5.41) is 0. The van der Waals surface area contributed by atoms with Crippen molar-refractivity contribution in [1.29, 1.82) is 0 Å². The Labute approximate surface area is 51.7 Å². The minimum absolute atomic E-state index is 0.913. The molecule has 0 aromatic carbocycles. The molecular weight excluding hydrogens is 98.1 g/mol. The third-order valence-electron chi connectivity index (χ3n) is 1.86. The fourth-order valence-electron chi connectivity index (χ4n) is 1.40. The second kappa shape index (κ2) is 2.49. The van der Waals surface area contributed by atoms with E-state index in [1.807, 2.05) is 0 Å². The molecule has 0 saturated carbocycles. The van der Waals surface area contributed by atoms with E-state index >= 15 is 0 Å². The molecule has 1 fully saturated rings. The van der Waals surface area contributed by atoms with Crippen LogP contribution in [0.5, 0.6) is 0 Å². The second-order valence-corrected chi connectivity index (χ2v) is 2.95. The molecule has 2 atom stereocenters. The van der Waals surface area contributed by atoms with Gasteiger partial charge in [0.15, 0.2) is 0 Å². The van der Waals surface area contributed by atoms with Crippen LogP contribution in [0.4, 0.5) is 0 Å². The van der Waals surface area contributed by atoms with Gasteiger partial charge in [-0.25, -0.2) is 0 Å². The first kappa shape index (κ1) is 6.09.